The molecule has 104 heavy (non-hydrogen) atoms. The maximum absolute atomic E-state index is 13.1. The Hall–Kier alpha value is -1.94. The van der Waals surface area contributed by atoms with Crippen LogP contribution in [0.4, 0.5) is 0 Å². The van der Waals surface area contributed by atoms with Crippen molar-refractivity contribution in [2.75, 3.05) is 39.6 Å². The Labute approximate surface area is 638 Å². The molecule has 0 aromatic rings. The number of carbonyl (C=O) groups is 4. The second-order valence-electron chi connectivity index (χ2n) is 30.6. The normalized spacial score (nSPS) is 13.7. The molecule has 0 aliphatic carbocycles. The highest BCUT2D eigenvalue weighted by molar-refractivity contribution is 7.47. The zero-order chi connectivity index (χ0) is 76.0. The second-order valence-corrected chi connectivity index (χ2v) is 33.5. The summed E-state index contributed by atoms with van der Waals surface area (Å²) in [7, 11) is -9.93. The number of aliphatic hydroxyl groups excluding tert-OH is 1. The molecule has 0 aromatic carbocycles. The summed E-state index contributed by atoms with van der Waals surface area (Å²) in [6.45, 7) is 5.07. The number of rotatable bonds is 86. The predicted molar refractivity (Wildman–Crippen MR) is 428 cm³/mol. The zero-order valence-electron chi connectivity index (χ0n) is 68.0. The summed E-state index contributed by atoms with van der Waals surface area (Å²) in [5.74, 6) is -2.10. The molecule has 0 bridgehead atoms. The first-order chi connectivity index (χ1) is 50.7. The summed E-state index contributed by atoms with van der Waals surface area (Å²) in [5.41, 5.74) is 0. The average Bonchev–Trinajstić information content (AvgIpc) is 0.943. The van der Waals surface area contributed by atoms with E-state index in [2.05, 4.69) is 27.7 Å². The van der Waals surface area contributed by atoms with Crippen molar-refractivity contribution in [1.29, 1.82) is 0 Å². The molecule has 5 atom stereocenters. The number of aliphatic hydroxyl groups is 1. The average molecular weight is 1520 g/mol. The Bertz CT molecular complexity index is 1960. The number of unbranched alkanes of at least 4 members (excludes halogenated alkanes) is 60. The fourth-order valence-corrected chi connectivity index (χ4v) is 14.9. The van der Waals surface area contributed by atoms with Crippen LogP contribution in [0.25, 0.3) is 0 Å². The lowest BCUT2D eigenvalue weighted by atomic mass is 10.0. The van der Waals surface area contributed by atoms with E-state index in [-0.39, 0.29) is 25.7 Å². The zero-order valence-corrected chi connectivity index (χ0v) is 69.8. The van der Waals surface area contributed by atoms with Gasteiger partial charge in [0.1, 0.15) is 19.3 Å². The topological polar surface area (TPSA) is 237 Å². The van der Waals surface area contributed by atoms with E-state index in [0.717, 1.165) is 89.9 Å². The van der Waals surface area contributed by atoms with Gasteiger partial charge in [0, 0.05) is 25.7 Å². The van der Waals surface area contributed by atoms with Crippen molar-refractivity contribution in [3.8, 4) is 0 Å². The number of esters is 4. The molecule has 19 heteroatoms. The van der Waals surface area contributed by atoms with Gasteiger partial charge < -0.3 is 33.8 Å². The van der Waals surface area contributed by atoms with Crippen LogP contribution in [0.1, 0.15) is 464 Å². The van der Waals surface area contributed by atoms with Crippen molar-refractivity contribution in [2.45, 2.75) is 483 Å². The lowest BCUT2D eigenvalue weighted by Gasteiger charge is -2.21. The fourth-order valence-electron chi connectivity index (χ4n) is 13.3. The molecule has 0 saturated heterocycles. The van der Waals surface area contributed by atoms with Crippen LogP contribution >= 0.6 is 15.6 Å². The molecule has 3 N–H and O–H groups in total. The molecule has 2 unspecified atom stereocenters. The van der Waals surface area contributed by atoms with Crippen LogP contribution in [-0.4, -0.2) is 96.7 Å². The minimum absolute atomic E-state index is 0.109. The maximum atomic E-state index is 13.1. The van der Waals surface area contributed by atoms with E-state index in [9.17, 15) is 43.2 Å². The van der Waals surface area contributed by atoms with Crippen LogP contribution < -0.4 is 0 Å². The van der Waals surface area contributed by atoms with Gasteiger partial charge in [0.2, 0.25) is 0 Å². The van der Waals surface area contributed by atoms with Gasteiger partial charge in [-0.05, 0) is 25.7 Å². The van der Waals surface area contributed by atoms with Crippen LogP contribution in [0.3, 0.4) is 0 Å². The minimum atomic E-state index is -4.96. The Morgan fingerprint density at radius 3 is 0.567 bits per heavy atom. The van der Waals surface area contributed by atoms with E-state index < -0.39 is 97.5 Å². The first-order valence-electron chi connectivity index (χ1n) is 44.3. The first-order valence-corrected chi connectivity index (χ1v) is 47.3. The standard InChI is InChI=1S/C85H166O17P2/c1-5-9-13-17-21-25-29-33-36-38-40-43-46-50-54-58-62-66-70-83(88)96-76-81(102-85(90)72-68-64-60-56-52-48-44-41-39-37-34-30-26-22-18-14-10-6-2)78-100-104(93,94)98-74-79(86)73-97-103(91,92)99-77-80(75-95-82(87)69-65-61-57-53-49-45-32-28-24-20-16-12-8-4)101-84(89)71-67-63-59-55-51-47-42-35-31-27-23-19-15-11-7-3/h79-81,86H,5-78H2,1-4H3,(H,91,92)(H,93,94)/t79-,80+,81+/m0/s1. The highest BCUT2D eigenvalue weighted by Crippen LogP contribution is 2.45. The third-order valence-electron chi connectivity index (χ3n) is 20.1. The smallest absolute Gasteiger partial charge is 0.462 e. The van der Waals surface area contributed by atoms with Crippen molar-refractivity contribution in [3.05, 3.63) is 0 Å². The van der Waals surface area contributed by atoms with E-state index in [1.807, 2.05) is 0 Å². The third kappa shape index (κ3) is 78.2. The van der Waals surface area contributed by atoms with E-state index in [4.69, 9.17) is 37.0 Å². The predicted octanol–water partition coefficient (Wildman–Crippen LogP) is 26.1. The van der Waals surface area contributed by atoms with Crippen molar-refractivity contribution < 1.29 is 80.2 Å². The van der Waals surface area contributed by atoms with Gasteiger partial charge in [0.15, 0.2) is 12.2 Å². The van der Waals surface area contributed by atoms with Crippen molar-refractivity contribution in [1.82, 2.24) is 0 Å². The van der Waals surface area contributed by atoms with E-state index in [1.54, 1.807) is 0 Å². The summed E-state index contributed by atoms with van der Waals surface area (Å²) in [4.78, 5) is 73.2. The summed E-state index contributed by atoms with van der Waals surface area (Å²) < 4.78 is 68.9. The first kappa shape index (κ1) is 102. The van der Waals surface area contributed by atoms with Crippen LogP contribution in [-0.2, 0) is 65.4 Å². The largest absolute Gasteiger partial charge is 0.472 e. The molecular weight excluding hydrogens is 1350 g/mol. The van der Waals surface area contributed by atoms with Crippen molar-refractivity contribution in [2.24, 2.45) is 0 Å². The van der Waals surface area contributed by atoms with Gasteiger partial charge in [0.25, 0.3) is 0 Å². The maximum Gasteiger partial charge on any atom is 0.472 e. The molecule has 0 aromatic heterocycles. The van der Waals surface area contributed by atoms with Crippen LogP contribution in [0, 0.1) is 0 Å². The molecular formula is C85H166O17P2. The Morgan fingerprint density at radius 1 is 0.231 bits per heavy atom. The highest BCUT2D eigenvalue weighted by atomic mass is 31.2. The molecule has 0 radical (unpaired) electrons. The minimum Gasteiger partial charge on any atom is -0.462 e. The van der Waals surface area contributed by atoms with E-state index in [1.165, 1.54) is 295 Å². The summed E-state index contributed by atoms with van der Waals surface area (Å²) in [6, 6.07) is 0. The Kier molecular flexibility index (Phi) is 77.7. The molecule has 0 spiro atoms. The van der Waals surface area contributed by atoms with Crippen molar-refractivity contribution >= 4 is 39.5 Å². The molecule has 0 heterocycles. The number of ether oxygens (including phenoxy) is 4. The van der Waals surface area contributed by atoms with Gasteiger partial charge in [-0.2, -0.15) is 0 Å². The number of carbonyl (C=O) groups excluding carboxylic acids is 4. The monoisotopic (exact) mass is 1520 g/mol. The molecule has 0 aliphatic rings. The SMILES string of the molecule is CCCCCCCCCCCCCCCCCCCCC(=O)OC[C@H](COP(=O)(O)OC[C@@H](O)COP(=O)(O)OC[C@@H](COC(=O)CCCCCCCCCCCCCCC)OC(=O)CCCCCCCCCCCCCCCCC)OC(=O)CCCCCCCCCCCCCCCCCCCC. The molecule has 0 rings (SSSR count). The van der Waals surface area contributed by atoms with Crippen LogP contribution in [0.15, 0.2) is 0 Å². The molecule has 17 nitrogen and oxygen atoms in total. The summed E-state index contributed by atoms with van der Waals surface area (Å²) in [6.07, 6.45) is 73.4. The number of phosphoric ester groups is 2. The lowest BCUT2D eigenvalue weighted by Crippen LogP contribution is -2.30. The van der Waals surface area contributed by atoms with Gasteiger partial charge in [-0.25, -0.2) is 9.13 Å². The van der Waals surface area contributed by atoms with Gasteiger partial charge >= 0.3 is 39.5 Å². The Balaban J connectivity index is 5.26. The number of hydrogen-bond donors (Lipinski definition) is 3. The Morgan fingerprint density at radius 2 is 0.385 bits per heavy atom. The van der Waals surface area contributed by atoms with E-state index in [0.29, 0.717) is 25.7 Å². The molecule has 0 fully saturated rings. The summed E-state index contributed by atoms with van der Waals surface area (Å²) in [5, 5.41) is 10.7. The van der Waals surface area contributed by atoms with Gasteiger partial charge in [-0.15, -0.1) is 0 Å². The molecule has 0 aliphatic heterocycles. The van der Waals surface area contributed by atoms with Gasteiger partial charge in [-0.3, -0.25) is 37.3 Å². The van der Waals surface area contributed by atoms with Gasteiger partial charge in [0.05, 0.1) is 26.4 Å². The number of hydrogen-bond acceptors (Lipinski definition) is 15. The highest BCUT2D eigenvalue weighted by Gasteiger charge is 2.30. The molecule has 0 amide bonds. The fraction of sp³-hybridized carbons (Fsp3) is 0.953. The van der Waals surface area contributed by atoms with Crippen molar-refractivity contribution in [3.63, 3.8) is 0 Å². The van der Waals surface area contributed by atoms with E-state index >= 15 is 0 Å². The van der Waals surface area contributed by atoms with Gasteiger partial charge in [-0.1, -0.05) is 413 Å². The van der Waals surface area contributed by atoms with Crippen LogP contribution in [0.5, 0.6) is 0 Å². The third-order valence-corrected chi connectivity index (χ3v) is 22.0. The molecule has 0 saturated carbocycles. The lowest BCUT2D eigenvalue weighted by molar-refractivity contribution is -0.161. The number of phosphoric acid groups is 2. The quantitative estimate of drug-likeness (QED) is 0.0222. The van der Waals surface area contributed by atoms with Crippen LogP contribution in [0.2, 0.25) is 0 Å². The summed E-state index contributed by atoms with van der Waals surface area (Å²) >= 11 is 0. The second kappa shape index (κ2) is 79.2. The molecule has 618 valence electrons.